The summed E-state index contributed by atoms with van der Waals surface area (Å²) < 4.78 is 0. The van der Waals surface area contributed by atoms with Gasteiger partial charge in [0.25, 0.3) is 0 Å². The van der Waals surface area contributed by atoms with Crippen LogP contribution in [0.25, 0.3) is 0 Å². The molecule has 0 bridgehead atoms. The number of hydrogen-bond acceptors (Lipinski definition) is 5. The Balaban J connectivity index is 2.38. The van der Waals surface area contributed by atoms with Gasteiger partial charge >= 0.3 is 0 Å². The Hall–Kier alpha value is -0.490. The van der Waals surface area contributed by atoms with Crippen LogP contribution in [0.15, 0.2) is 5.38 Å². The molecule has 1 heterocycles. The van der Waals surface area contributed by atoms with Gasteiger partial charge in [0.15, 0.2) is 0 Å². The topological polar surface area (TPSA) is 48.4 Å². The van der Waals surface area contributed by atoms with Crippen molar-refractivity contribution in [3.05, 3.63) is 16.1 Å². The largest absolute Gasteiger partial charge is 0.394 e. The average molecular weight is 257 g/mol. The van der Waals surface area contributed by atoms with Gasteiger partial charge in [0, 0.05) is 18.5 Å². The summed E-state index contributed by atoms with van der Waals surface area (Å²) >= 11 is 1.62. The summed E-state index contributed by atoms with van der Waals surface area (Å²) in [6, 6.07) is -0.0319. The Morgan fingerprint density at radius 3 is 2.65 bits per heavy atom. The Morgan fingerprint density at radius 2 is 2.18 bits per heavy atom. The molecule has 0 radical (unpaired) electrons. The Bertz CT molecular complexity index is 312. The molecule has 0 aromatic carbocycles. The standard InChI is InChI=1S/C12H23N3OS/c1-4-15(5-2)7-6-13-11(8-16)12-9-17-10(3)14-12/h9,11,13,16H,4-8H2,1-3H3. The van der Waals surface area contributed by atoms with Crippen molar-refractivity contribution in [3.8, 4) is 0 Å². The zero-order valence-electron chi connectivity index (χ0n) is 10.9. The monoisotopic (exact) mass is 257 g/mol. The zero-order chi connectivity index (χ0) is 12.7. The molecule has 17 heavy (non-hydrogen) atoms. The van der Waals surface area contributed by atoms with Crippen LogP contribution in [0.1, 0.15) is 30.6 Å². The number of nitrogens with zero attached hydrogens (tertiary/aromatic N) is 2. The number of rotatable bonds is 8. The summed E-state index contributed by atoms with van der Waals surface area (Å²) in [5.41, 5.74) is 0.953. The molecule has 0 aliphatic carbocycles. The average Bonchev–Trinajstić information content (AvgIpc) is 2.76. The molecule has 1 unspecified atom stereocenters. The van der Waals surface area contributed by atoms with E-state index in [2.05, 4.69) is 29.0 Å². The fourth-order valence-electron chi connectivity index (χ4n) is 1.74. The van der Waals surface area contributed by atoms with Crippen molar-refractivity contribution in [1.29, 1.82) is 0 Å². The van der Waals surface area contributed by atoms with E-state index in [4.69, 9.17) is 0 Å². The van der Waals surface area contributed by atoms with Crippen molar-refractivity contribution in [3.63, 3.8) is 0 Å². The van der Waals surface area contributed by atoms with Gasteiger partial charge in [-0.1, -0.05) is 13.8 Å². The Kier molecular flexibility index (Phi) is 6.65. The van der Waals surface area contributed by atoms with Crippen molar-refractivity contribution in [2.24, 2.45) is 0 Å². The van der Waals surface area contributed by atoms with Crippen molar-refractivity contribution >= 4 is 11.3 Å². The van der Waals surface area contributed by atoms with E-state index in [-0.39, 0.29) is 12.6 Å². The van der Waals surface area contributed by atoms with Crippen molar-refractivity contribution < 1.29 is 5.11 Å². The summed E-state index contributed by atoms with van der Waals surface area (Å²) in [5.74, 6) is 0. The van der Waals surface area contributed by atoms with E-state index in [1.54, 1.807) is 11.3 Å². The number of likely N-dealkylation sites (N-methyl/N-ethyl adjacent to an activating group) is 1. The first-order valence-electron chi connectivity index (χ1n) is 6.19. The van der Waals surface area contributed by atoms with Crippen LogP contribution in [0.3, 0.4) is 0 Å². The molecule has 2 N–H and O–H groups in total. The lowest BCUT2D eigenvalue weighted by molar-refractivity contribution is 0.231. The predicted molar refractivity (Wildman–Crippen MR) is 72.5 cm³/mol. The molecule has 0 spiro atoms. The van der Waals surface area contributed by atoms with Crippen molar-refractivity contribution in [2.45, 2.75) is 26.8 Å². The lowest BCUT2D eigenvalue weighted by Gasteiger charge is -2.20. The lowest BCUT2D eigenvalue weighted by atomic mass is 10.2. The van der Waals surface area contributed by atoms with Crippen LogP contribution in [0.5, 0.6) is 0 Å². The van der Waals surface area contributed by atoms with Gasteiger partial charge in [-0.25, -0.2) is 4.98 Å². The lowest BCUT2D eigenvalue weighted by Crippen LogP contribution is -2.34. The highest BCUT2D eigenvalue weighted by atomic mass is 32.1. The second-order valence-corrected chi connectivity index (χ2v) is 5.07. The Labute approximate surface area is 108 Å². The van der Waals surface area contributed by atoms with E-state index in [1.807, 2.05) is 12.3 Å². The van der Waals surface area contributed by atoms with Crippen LogP contribution in [0.4, 0.5) is 0 Å². The highest BCUT2D eigenvalue weighted by Crippen LogP contribution is 2.15. The van der Waals surface area contributed by atoms with Gasteiger partial charge in [0.05, 0.1) is 23.4 Å². The molecule has 1 aromatic rings. The number of aromatic nitrogens is 1. The highest BCUT2D eigenvalue weighted by Gasteiger charge is 2.12. The van der Waals surface area contributed by atoms with E-state index in [0.717, 1.165) is 36.9 Å². The molecule has 1 atom stereocenters. The molecule has 0 saturated carbocycles. The van der Waals surface area contributed by atoms with Crippen LogP contribution >= 0.6 is 11.3 Å². The summed E-state index contributed by atoms with van der Waals surface area (Å²) in [6.07, 6.45) is 0. The molecular weight excluding hydrogens is 234 g/mol. The fourth-order valence-corrected chi connectivity index (χ4v) is 2.41. The predicted octanol–water partition coefficient (Wildman–Crippen LogP) is 1.42. The summed E-state index contributed by atoms with van der Waals surface area (Å²) in [7, 11) is 0. The number of aryl methyl sites for hydroxylation is 1. The fraction of sp³-hybridized carbons (Fsp3) is 0.750. The van der Waals surface area contributed by atoms with Gasteiger partial charge in [-0.3, -0.25) is 0 Å². The molecule has 1 rings (SSSR count). The maximum absolute atomic E-state index is 9.36. The minimum absolute atomic E-state index is 0.0319. The minimum atomic E-state index is -0.0319. The number of thiazole rings is 1. The van der Waals surface area contributed by atoms with Crippen LogP contribution < -0.4 is 5.32 Å². The number of nitrogens with one attached hydrogen (secondary N) is 1. The number of aliphatic hydroxyl groups is 1. The maximum atomic E-state index is 9.36. The van der Waals surface area contributed by atoms with Crippen LogP contribution in [0.2, 0.25) is 0 Å². The number of hydrogen-bond donors (Lipinski definition) is 2. The third kappa shape index (κ3) is 4.71. The summed E-state index contributed by atoms with van der Waals surface area (Å²) in [4.78, 5) is 6.76. The van der Waals surface area contributed by atoms with Gasteiger partial charge in [-0.05, 0) is 20.0 Å². The van der Waals surface area contributed by atoms with Gasteiger partial charge < -0.3 is 15.3 Å². The minimum Gasteiger partial charge on any atom is -0.394 e. The van der Waals surface area contributed by atoms with E-state index in [1.165, 1.54) is 0 Å². The first-order valence-corrected chi connectivity index (χ1v) is 7.07. The second kappa shape index (κ2) is 7.76. The van der Waals surface area contributed by atoms with Gasteiger partial charge in [0.1, 0.15) is 0 Å². The van der Waals surface area contributed by atoms with Gasteiger partial charge in [-0.2, -0.15) is 0 Å². The maximum Gasteiger partial charge on any atom is 0.0898 e. The molecule has 0 aliphatic rings. The van der Waals surface area contributed by atoms with Gasteiger partial charge in [-0.15, -0.1) is 11.3 Å². The molecule has 1 aromatic heterocycles. The van der Waals surface area contributed by atoms with Crippen molar-refractivity contribution in [2.75, 3.05) is 32.8 Å². The van der Waals surface area contributed by atoms with Crippen LogP contribution in [0, 0.1) is 6.92 Å². The first-order chi connectivity index (χ1) is 8.21. The van der Waals surface area contributed by atoms with E-state index < -0.39 is 0 Å². The normalized spacial score (nSPS) is 13.2. The SMILES string of the molecule is CCN(CC)CCNC(CO)c1csc(C)n1. The number of aliphatic hydroxyl groups excluding tert-OH is 1. The first kappa shape index (κ1) is 14.6. The smallest absolute Gasteiger partial charge is 0.0898 e. The molecule has 98 valence electrons. The molecule has 0 aliphatic heterocycles. The third-order valence-electron chi connectivity index (χ3n) is 2.89. The molecular formula is C12H23N3OS. The molecule has 0 amide bonds. The third-order valence-corrected chi connectivity index (χ3v) is 3.68. The van der Waals surface area contributed by atoms with E-state index in [0.29, 0.717) is 0 Å². The molecule has 4 nitrogen and oxygen atoms in total. The quantitative estimate of drug-likeness (QED) is 0.739. The van der Waals surface area contributed by atoms with Crippen molar-refractivity contribution in [1.82, 2.24) is 15.2 Å². The molecule has 0 fully saturated rings. The van der Waals surface area contributed by atoms with Crippen LogP contribution in [-0.4, -0.2) is 47.8 Å². The zero-order valence-corrected chi connectivity index (χ0v) is 11.8. The summed E-state index contributed by atoms with van der Waals surface area (Å²) in [5, 5.41) is 15.8. The van der Waals surface area contributed by atoms with Crippen LogP contribution in [-0.2, 0) is 0 Å². The molecule has 5 heteroatoms. The van der Waals surface area contributed by atoms with E-state index >= 15 is 0 Å². The Morgan fingerprint density at radius 1 is 1.47 bits per heavy atom. The van der Waals surface area contributed by atoms with E-state index in [9.17, 15) is 5.11 Å². The highest BCUT2D eigenvalue weighted by molar-refractivity contribution is 7.09. The molecule has 0 saturated heterocycles. The second-order valence-electron chi connectivity index (χ2n) is 4.01. The summed E-state index contributed by atoms with van der Waals surface area (Å²) in [6.45, 7) is 10.4. The van der Waals surface area contributed by atoms with Gasteiger partial charge in [0.2, 0.25) is 0 Å².